The van der Waals surface area contributed by atoms with Gasteiger partial charge in [-0.1, -0.05) is 27.7 Å². The molecule has 0 aromatic heterocycles. The maximum Gasteiger partial charge on any atom is 0.122 e. The number of halogens is 1. The summed E-state index contributed by atoms with van der Waals surface area (Å²) in [5.41, 5.74) is 0.919. The Balaban J connectivity index is 0.00000204. The van der Waals surface area contributed by atoms with Crippen LogP contribution >= 0.6 is 12.4 Å². The number of nitrogens with one attached hydrogen (secondary N) is 1. The highest BCUT2D eigenvalue weighted by atomic mass is 35.5. The molecule has 0 radical (unpaired) electrons. The fourth-order valence-corrected chi connectivity index (χ4v) is 10.4. The van der Waals surface area contributed by atoms with E-state index in [4.69, 9.17) is 4.74 Å². The molecule has 178 valence electrons. The number of hydrogen-bond acceptors (Lipinski definition) is 3. The van der Waals surface area contributed by atoms with Gasteiger partial charge in [0.1, 0.15) is 5.72 Å². The molecule has 2 aliphatic heterocycles. The molecular weight excluding hydrogens is 406 g/mol. The number of piperidine rings is 1. The maximum absolute atomic E-state index is 10.3. The van der Waals surface area contributed by atoms with Crippen molar-refractivity contribution < 1.29 is 9.84 Å². The van der Waals surface area contributed by atoms with Gasteiger partial charge in [-0.3, -0.25) is 5.32 Å². The lowest BCUT2D eigenvalue weighted by molar-refractivity contribution is -0.140. The Bertz CT molecular complexity index is 693. The predicted octanol–water partition coefficient (Wildman–Crippen LogP) is 5.79. The molecule has 31 heavy (non-hydrogen) atoms. The predicted molar refractivity (Wildman–Crippen MR) is 127 cm³/mol. The Morgan fingerprint density at radius 1 is 0.871 bits per heavy atom. The number of rotatable bonds is 0. The van der Waals surface area contributed by atoms with Crippen molar-refractivity contribution in [2.45, 2.75) is 110 Å². The summed E-state index contributed by atoms with van der Waals surface area (Å²) in [6.07, 6.45) is 13.2. The standard InChI is InChI=1S/C27H45NO2.ClH/c1-16-7-12-27(28-15-16)17(2)24-23(30-27)14-22-20-6-5-18-13-19(29)8-10-25(18,3)21(20)9-11-26(22,24)4;/h16-24,28-29H,5-15H2,1-4H3;1H/t16-,17-,18-,19+,20+,21-,22-,23-,24-,25-,26-,27-;/m0./s1. The van der Waals surface area contributed by atoms with E-state index in [1.165, 1.54) is 51.4 Å². The Morgan fingerprint density at radius 2 is 1.65 bits per heavy atom. The van der Waals surface area contributed by atoms with Crippen molar-refractivity contribution in [3.05, 3.63) is 0 Å². The largest absolute Gasteiger partial charge is 0.393 e. The third kappa shape index (κ3) is 3.08. The van der Waals surface area contributed by atoms with Gasteiger partial charge >= 0.3 is 0 Å². The van der Waals surface area contributed by atoms with Gasteiger partial charge in [-0.25, -0.2) is 0 Å². The van der Waals surface area contributed by atoms with Gasteiger partial charge in [0.15, 0.2) is 0 Å². The molecule has 0 bridgehead atoms. The van der Waals surface area contributed by atoms with Gasteiger partial charge in [-0.05, 0) is 111 Å². The minimum absolute atomic E-state index is 0. The van der Waals surface area contributed by atoms with Crippen molar-refractivity contribution in [3.8, 4) is 0 Å². The van der Waals surface area contributed by atoms with E-state index in [2.05, 4.69) is 33.0 Å². The van der Waals surface area contributed by atoms with E-state index in [0.29, 0.717) is 22.9 Å². The van der Waals surface area contributed by atoms with Gasteiger partial charge in [0, 0.05) is 12.5 Å². The lowest BCUT2D eigenvalue weighted by Crippen LogP contribution is -2.57. The summed E-state index contributed by atoms with van der Waals surface area (Å²) in [6.45, 7) is 11.3. The number of aliphatic hydroxyl groups excluding tert-OH is 1. The maximum atomic E-state index is 10.3. The molecule has 0 unspecified atom stereocenters. The van der Waals surface area contributed by atoms with Crippen molar-refractivity contribution in [2.75, 3.05) is 6.54 Å². The molecule has 6 rings (SSSR count). The average Bonchev–Trinajstić information content (AvgIpc) is 3.16. The van der Waals surface area contributed by atoms with E-state index in [1.54, 1.807) is 0 Å². The summed E-state index contributed by atoms with van der Waals surface area (Å²) >= 11 is 0. The minimum Gasteiger partial charge on any atom is -0.393 e. The monoisotopic (exact) mass is 451 g/mol. The second-order valence-corrected chi connectivity index (χ2v) is 13.3. The molecule has 4 heteroatoms. The van der Waals surface area contributed by atoms with Crippen LogP contribution in [0.1, 0.15) is 91.9 Å². The van der Waals surface area contributed by atoms with Crippen molar-refractivity contribution in [1.29, 1.82) is 0 Å². The summed E-state index contributed by atoms with van der Waals surface area (Å²) in [5, 5.41) is 14.2. The Kier molecular flexibility index (Phi) is 5.61. The topological polar surface area (TPSA) is 41.5 Å². The molecule has 2 heterocycles. The molecule has 1 spiro atoms. The molecule has 6 fully saturated rings. The minimum atomic E-state index is -0.0320. The van der Waals surface area contributed by atoms with E-state index in [9.17, 15) is 5.11 Å². The zero-order valence-corrected chi connectivity index (χ0v) is 21.1. The van der Waals surface area contributed by atoms with Gasteiger partial charge in [0.05, 0.1) is 12.2 Å². The fraction of sp³-hybridized carbons (Fsp3) is 1.00. The lowest BCUT2D eigenvalue weighted by atomic mass is 9.44. The molecule has 2 N–H and O–H groups in total. The van der Waals surface area contributed by atoms with Crippen LogP contribution in [0.5, 0.6) is 0 Å². The zero-order chi connectivity index (χ0) is 20.9. The molecule has 2 saturated heterocycles. The summed E-state index contributed by atoms with van der Waals surface area (Å²) in [6, 6.07) is 0. The van der Waals surface area contributed by atoms with E-state index in [0.717, 1.165) is 54.9 Å². The van der Waals surface area contributed by atoms with Crippen LogP contribution < -0.4 is 5.32 Å². The number of fused-ring (bicyclic) bond motifs is 7. The molecular formula is C27H46ClNO2. The fourth-order valence-electron chi connectivity index (χ4n) is 10.4. The highest BCUT2D eigenvalue weighted by Gasteiger charge is 2.68. The van der Waals surface area contributed by atoms with E-state index in [1.807, 2.05) is 0 Å². The second kappa shape index (κ2) is 7.59. The first-order chi connectivity index (χ1) is 14.3. The first-order valence-corrected chi connectivity index (χ1v) is 13.4. The zero-order valence-electron chi connectivity index (χ0n) is 20.2. The number of hydrogen-bond donors (Lipinski definition) is 2. The lowest BCUT2D eigenvalue weighted by Gasteiger charge is -2.61. The first kappa shape index (κ1) is 22.9. The number of aliphatic hydroxyl groups is 1. The van der Waals surface area contributed by atoms with Gasteiger partial charge in [-0.2, -0.15) is 0 Å². The van der Waals surface area contributed by atoms with Crippen molar-refractivity contribution in [1.82, 2.24) is 5.32 Å². The molecule has 0 aromatic carbocycles. The SMILES string of the molecule is C[C@H]1CC[C@]2(NC1)O[C@H]1C[C@H]3[C@@H]4CC[C@H]5C[C@H](O)CC[C@]5(C)[C@H]4CC[C@]3(C)[C@H]1[C@@H]2C.Cl. The van der Waals surface area contributed by atoms with Crippen molar-refractivity contribution in [3.63, 3.8) is 0 Å². The highest BCUT2D eigenvalue weighted by molar-refractivity contribution is 5.85. The van der Waals surface area contributed by atoms with Crippen LogP contribution in [0.15, 0.2) is 0 Å². The third-order valence-electron chi connectivity index (χ3n) is 12.1. The molecule has 6 aliphatic rings. The van der Waals surface area contributed by atoms with Crippen LogP contribution in [-0.2, 0) is 4.74 Å². The summed E-state index contributed by atoms with van der Waals surface area (Å²) < 4.78 is 7.01. The van der Waals surface area contributed by atoms with Crippen LogP contribution in [0.3, 0.4) is 0 Å². The Morgan fingerprint density at radius 3 is 2.39 bits per heavy atom. The van der Waals surface area contributed by atoms with Gasteiger partial charge in [0.2, 0.25) is 0 Å². The molecule has 4 saturated carbocycles. The summed E-state index contributed by atoms with van der Waals surface area (Å²) in [5.74, 6) is 5.57. The third-order valence-corrected chi connectivity index (χ3v) is 12.1. The Labute approximate surface area is 196 Å². The van der Waals surface area contributed by atoms with E-state index >= 15 is 0 Å². The molecule has 0 amide bonds. The van der Waals surface area contributed by atoms with Crippen LogP contribution in [0.2, 0.25) is 0 Å². The van der Waals surface area contributed by atoms with Crippen LogP contribution in [0.4, 0.5) is 0 Å². The molecule has 4 aliphatic carbocycles. The van der Waals surface area contributed by atoms with Gasteiger partial charge < -0.3 is 9.84 Å². The summed E-state index contributed by atoms with van der Waals surface area (Å²) in [4.78, 5) is 0. The van der Waals surface area contributed by atoms with Crippen LogP contribution in [-0.4, -0.2) is 29.6 Å². The van der Waals surface area contributed by atoms with Crippen LogP contribution in [0.25, 0.3) is 0 Å². The quantitative estimate of drug-likeness (QED) is 0.489. The Hall–Kier alpha value is 0.170. The van der Waals surface area contributed by atoms with Crippen molar-refractivity contribution in [2.24, 2.45) is 52.3 Å². The highest BCUT2D eigenvalue weighted by Crippen LogP contribution is 2.71. The van der Waals surface area contributed by atoms with E-state index < -0.39 is 0 Å². The van der Waals surface area contributed by atoms with Gasteiger partial charge in [0.25, 0.3) is 0 Å². The summed E-state index contributed by atoms with van der Waals surface area (Å²) in [7, 11) is 0. The van der Waals surface area contributed by atoms with Gasteiger partial charge in [-0.15, -0.1) is 12.4 Å². The van der Waals surface area contributed by atoms with E-state index in [-0.39, 0.29) is 24.2 Å². The second-order valence-electron chi connectivity index (χ2n) is 13.3. The molecule has 12 atom stereocenters. The van der Waals surface area contributed by atoms with Crippen molar-refractivity contribution >= 4 is 12.4 Å². The smallest absolute Gasteiger partial charge is 0.122 e. The normalized spacial score (nSPS) is 60.5. The molecule has 0 aromatic rings. The van der Waals surface area contributed by atoms with Crippen LogP contribution in [0, 0.1) is 52.3 Å². The number of ether oxygens (including phenoxy) is 1. The first-order valence-electron chi connectivity index (χ1n) is 13.4. The average molecular weight is 452 g/mol. The molecule has 3 nitrogen and oxygen atoms in total.